The fraction of sp³-hybridized carbons (Fsp3) is 0.0857. The second-order valence-corrected chi connectivity index (χ2v) is 21.4. The van der Waals surface area contributed by atoms with Crippen LogP contribution in [0.2, 0.25) is 0 Å². The number of nitrogens with zero attached hydrogens (tertiary/aromatic N) is 6. The molecule has 3 heterocycles. The first kappa shape index (κ1) is 43.8. The predicted molar refractivity (Wildman–Crippen MR) is 310 cm³/mol. The van der Waals surface area contributed by atoms with Crippen molar-refractivity contribution >= 4 is 43.6 Å². The molecule has 0 atom stereocenters. The first-order valence-corrected chi connectivity index (χ1v) is 26.1. The molecule has 10 aromatic carbocycles. The van der Waals surface area contributed by atoms with Crippen LogP contribution in [-0.2, 0) is 10.8 Å². The molecule has 0 fully saturated rings. The minimum absolute atomic E-state index is 0.244. The van der Waals surface area contributed by atoms with Gasteiger partial charge in [-0.2, -0.15) is 5.26 Å². The Morgan fingerprint density at radius 1 is 0.355 bits per heavy atom. The molecule has 0 spiro atoms. The van der Waals surface area contributed by atoms with Gasteiger partial charge >= 0.3 is 0 Å². The summed E-state index contributed by atoms with van der Waals surface area (Å²) in [6, 6.07) is 80.3. The number of benzene rings is 10. The van der Waals surface area contributed by atoms with Crippen molar-refractivity contribution in [3.05, 3.63) is 246 Å². The van der Waals surface area contributed by atoms with Gasteiger partial charge in [-0.05, 0) is 99.1 Å². The molecular formula is C70H48N6. The second-order valence-electron chi connectivity index (χ2n) is 21.4. The van der Waals surface area contributed by atoms with Crippen LogP contribution in [-0.4, -0.2) is 24.1 Å². The molecule has 2 aliphatic rings. The molecule has 358 valence electrons. The molecule has 0 radical (unpaired) electrons. The van der Waals surface area contributed by atoms with Gasteiger partial charge in [-0.25, -0.2) is 15.0 Å². The summed E-state index contributed by atoms with van der Waals surface area (Å²) in [5.41, 5.74) is 21.4. The fourth-order valence-electron chi connectivity index (χ4n) is 13.2. The third-order valence-electron chi connectivity index (χ3n) is 16.6. The van der Waals surface area contributed by atoms with E-state index in [1.807, 2.05) is 66.7 Å². The Labute approximate surface area is 440 Å². The van der Waals surface area contributed by atoms with Crippen LogP contribution in [0, 0.1) is 11.3 Å². The molecule has 3 aromatic heterocycles. The van der Waals surface area contributed by atoms with Crippen LogP contribution in [0.25, 0.3) is 123 Å². The average molecular weight is 973 g/mol. The molecule has 0 saturated carbocycles. The summed E-state index contributed by atoms with van der Waals surface area (Å²) in [7, 11) is 0. The normalized spacial score (nSPS) is 13.7. The van der Waals surface area contributed by atoms with Crippen molar-refractivity contribution in [3.63, 3.8) is 0 Å². The van der Waals surface area contributed by atoms with Crippen LogP contribution in [0.15, 0.2) is 218 Å². The van der Waals surface area contributed by atoms with Crippen LogP contribution in [0.5, 0.6) is 0 Å². The quantitative estimate of drug-likeness (QED) is 0.166. The number of hydrogen-bond acceptors (Lipinski definition) is 4. The van der Waals surface area contributed by atoms with Gasteiger partial charge in [0.05, 0.1) is 45.1 Å². The maximum Gasteiger partial charge on any atom is 0.164 e. The van der Waals surface area contributed by atoms with E-state index in [4.69, 9.17) is 15.0 Å². The van der Waals surface area contributed by atoms with E-state index in [0.717, 1.165) is 61.3 Å². The molecular weight excluding hydrogens is 925 g/mol. The Kier molecular flexibility index (Phi) is 9.32. The minimum Gasteiger partial charge on any atom is -0.309 e. The van der Waals surface area contributed by atoms with Crippen LogP contribution >= 0.6 is 0 Å². The molecule has 15 rings (SSSR count). The maximum atomic E-state index is 10.8. The number of hydrogen-bond donors (Lipinski definition) is 0. The highest BCUT2D eigenvalue weighted by Gasteiger charge is 2.40. The molecule has 6 heteroatoms. The zero-order chi connectivity index (χ0) is 51.0. The minimum atomic E-state index is -0.256. The molecule has 0 saturated heterocycles. The maximum absolute atomic E-state index is 10.8. The van der Waals surface area contributed by atoms with E-state index >= 15 is 0 Å². The first-order chi connectivity index (χ1) is 37.2. The lowest BCUT2D eigenvalue weighted by Crippen LogP contribution is -2.15. The molecule has 0 aliphatic heterocycles. The van der Waals surface area contributed by atoms with E-state index < -0.39 is 0 Å². The first-order valence-electron chi connectivity index (χ1n) is 26.1. The monoisotopic (exact) mass is 972 g/mol. The number of fused-ring (bicyclic) bond motifs is 14. The Morgan fingerprint density at radius 2 is 0.803 bits per heavy atom. The van der Waals surface area contributed by atoms with E-state index in [1.165, 1.54) is 66.1 Å². The van der Waals surface area contributed by atoms with Crippen molar-refractivity contribution in [1.82, 2.24) is 24.1 Å². The average Bonchev–Trinajstić information content (AvgIpc) is 4.35. The molecule has 0 bridgehead atoms. The van der Waals surface area contributed by atoms with Gasteiger partial charge in [-0.3, -0.25) is 0 Å². The van der Waals surface area contributed by atoms with E-state index in [1.54, 1.807) is 0 Å². The topological polar surface area (TPSA) is 72.3 Å². The summed E-state index contributed by atoms with van der Waals surface area (Å²) in [4.78, 5) is 15.6. The second kappa shape index (κ2) is 16.1. The van der Waals surface area contributed by atoms with Gasteiger partial charge in [0, 0.05) is 60.2 Å². The van der Waals surface area contributed by atoms with E-state index in [-0.39, 0.29) is 10.8 Å². The van der Waals surface area contributed by atoms with Gasteiger partial charge in [-0.1, -0.05) is 191 Å². The van der Waals surface area contributed by atoms with Crippen molar-refractivity contribution in [2.45, 2.75) is 38.5 Å². The Bertz CT molecular complexity index is 4590. The summed E-state index contributed by atoms with van der Waals surface area (Å²) in [5.74, 6) is 1.75. The smallest absolute Gasteiger partial charge is 0.164 e. The van der Waals surface area contributed by atoms with Crippen LogP contribution in [0.3, 0.4) is 0 Å². The van der Waals surface area contributed by atoms with Crippen molar-refractivity contribution < 1.29 is 0 Å². The van der Waals surface area contributed by atoms with Crippen LogP contribution in [0.4, 0.5) is 0 Å². The van der Waals surface area contributed by atoms with Crippen molar-refractivity contribution in [1.29, 1.82) is 5.26 Å². The molecule has 2 aliphatic carbocycles. The lowest BCUT2D eigenvalue weighted by atomic mass is 9.80. The summed E-state index contributed by atoms with van der Waals surface area (Å²) >= 11 is 0. The third kappa shape index (κ3) is 6.17. The van der Waals surface area contributed by atoms with Gasteiger partial charge in [-0.15, -0.1) is 0 Å². The standard InChI is InChI=1S/C70H48N6/c1-69(2)54-27-15-11-23-46(54)49-34-37-59-62(64(49)69)51-25-13-17-29-56(51)75(59)58-36-32-45(68-73-66(43-19-7-5-8-20-43)72-67(74-68)44-21-9-6-10-22-44)40-53(58)48-33-31-42(41-71)39-61(48)76-57-30-18-14-26-52(57)63-60(76)38-35-50-47-24-12-16-28-55(47)70(3,4)65(50)63/h5-40H,1-4H3. The van der Waals surface area contributed by atoms with E-state index in [2.05, 4.69) is 195 Å². The van der Waals surface area contributed by atoms with Gasteiger partial charge < -0.3 is 9.13 Å². The zero-order valence-electron chi connectivity index (χ0n) is 42.5. The van der Waals surface area contributed by atoms with Gasteiger partial charge in [0.1, 0.15) is 0 Å². The molecule has 0 N–H and O–H groups in total. The fourth-order valence-corrected chi connectivity index (χ4v) is 13.2. The van der Waals surface area contributed by atoms with Gasteiger partial charge in [0.2, 0.25) is 0 Å². The highest BCUT2D eigenvalue weighted by molar-refractivity contribution is 6.16. The summed E-state index contributed by atoms with van der Waals surface area (Å²) in [6.45, 7) is 9.46. The predicted octanol–water partition coefficient (Wildman–Crippen LogP) is 17.2. The van der Waals surface area contributed by atoms with Crippen molar-refractivity contribution in [2.75, 3.05) is 0 Å². The van der Waals surface area contributed by atoms with Crippen LogP contribution in [0.1, 0.15) is 55.5 Å². The summed E-state index contributed by atoms with van der Waals surface area (Å²) in [5, 5.41) is 15.7. The number of nitriles is 1. The van der Waals surface area contributed by atoms with Gasteiger partial charge in [0.15, 0.2) is 17.5 Å². The molecule has 76 heavy (non-hydrogen) atoms. The lowest BCUT2D eigenvalue weighted by Gasteiger charge is -2.23. The largest absolute Gasteiger partial charge is 0.309 e. The van der Waals surface area contributed by atoms with E-state index in [9.17, 15) is 5.26 Å². The molecule has 13 aromatic rings. The Morgan fingerprint density at radius 3 is 1.33 bits per heavy atom. The third-order valence-corrected chi connectivity index (χ3v) is 16.6. The van der Waals surface area contributed by atoms with Crippen LogP contribution < -0.4 is 0 Å². The molecule has 0 unspecified atom stereocenters. The molecule has 6 nitrogen and oxygen atoms in total. The summed E-state index contributed by atoms with van der Waals surface area (Å²) in [6.07, 6.45) is 0. The van der Waals surface area contributed by atoms with Crippen molar-refractivity contribution in [3.8, 4) is 85.0 Å². The SMILES string of the molecule is CC1(C)c2ccccc2-c2ccc3c(c21)c1ccccc1n3-c1ccc(-c2nc(-c3ccccc3)nc(-c3ccccc3)n2)cc1-c1ccc(C#N)cc1-n1c2ccccc2c2c3c(ccc21)-c1ccccc1C3(C)C. The Hall–Kier alpha value is -9.70. The number of rotatable bonds is 6. The lowest BCUT2D eigenvalue weighted by molar-refractivity contribution is 0.666. The highest BCUT2D eigenvalue weighted by Crippen LogP contribution is 2.56. The number of para-hydroxylation sites is 2. The van der Waals surface area contributed by atoms with Gasteiger partial charge in [0.25, 0.3) is 0 Å². The van der Waals surface area contributed by atoms with E-state index in [0.29, 0.717) is 23.0 Å². The Balaban J connectivity index is 1.05. The zero-order valence-corrected chi connectivity index (χ0v) is 42.5. The number of aromatic nitrogens is 5. The summed E-state index contributed by atoms with van der Waals surface area (Å²) < 4.78 is 4.86. The van der Waals surface area contributed by atoms with Crippen molar-refractivity contribution in [2.24, 2.45) is 0 Å². The highest BCUT2D eigenvalue weighted by atomic mass is 15.0. The molecule has 0 amide bonds.